The number of aryl methyl sites for hydroxylation is 1. The van der Waals surface area contributed by atoms with Crippen molar-refractivity contribution in [1.29, 1.82) is 0 Å². The van der Waals surface area contributed by atoms with Gasteiger partial charge in [-0.05, 0) is 42.5 Å². The molecule has 0 saturated carbocycles. The summed E-state index contributed by atoms with van der Waals surface area (Å²) in [5.74, 6) is 0.993. The van der Waals surface area contributed by atoms with Crippen molar-refractivity contribution in [3.05, 3.63) is 83.9 Å². The van der Waals surface area contributed by atoms with Gasteiger partial charge in [0.25, 0.3) is 0 Å². The number of likely N-dealkylation sites (tertiary alicyclic amines) is 1. The van der Waals surface area contributed by atoms with E-state index in [1.54, 1.807) is 7.05 Å². The number of rotatable bonds is 7. The van der Waals surface area contributed by atoms with E-state index in [9.17, 15) is 4.79 Å². The van der Waals surface area contributed by atoms with E-state index in [1.807, 2.05) is 18.5 Å². The molecule has 0 unspecified atom stereocenters. The minimum Gasteiger partial charge on any atom is -0.359 e. The third-order valence-electron chi connectivity index (χ3n) is 6.48. The molecular formula is C27H32N4O. The third kappa shape index (κ3) is 4.89. The number of carbonyl (C=O) groups is 1. The van der Waals surface area contributed by atoms with Crippen LogP contribution in [0.15, 0.2) is 67.0 Å². The molecule has 1 fully saturated rings. The summed E-state index contributed by atoms with van der Waals surface area (Å²) in [6.45, 7) is 4.54. The van der Waals surface area contributed by atoms with Crippen molar-refractivity contribution >= 4 is 5.91 Å². The van der Waals surface area contributed by atoms with Gasteiger partial charge in [-0.25, -0.2) is 9.97 Å². The van der Waals surface area contributed by atoms with Crippen molar-refractivity contribution in [1.82, 2.24) is 20.2 Å². The standard InChI is InChI=1S/C27H32N4O/c1-3-25-29-17-21(18-30-25)19-31-15-9-14-27(20-31,26(32)28-2)16-23-12-7-8-13-24(23)22-10-5-4-6-11-22/h4-8,10-13,17-18H,3,9,14-16,19-20H2,1-2H3,(H,28,32)/t27-/m0/s1. The summed E-state index contributed by atoms with van der Waals surface area (Å²) in [7, 11) is 1.75. The second-order valence-corrected chi connectivity index (χ2v) is 8.73. The van der Waals surface area contributed by atoms with Crippen LogP contribution in [0.3, 0.4) is 0 Å². The number of nitrogens with one attached hydrogen (secondary N) is 1. The molecule has 166 valence electrons. The molecule has 1 aliphatic rings. The van der Waals surface area contributed by atoms with Crippen molar-refractivity contribution in [2.45, 2.75) is 39.2 Å². The first-order valence-corrected chi connectivity index (χ1v) is 11.5. The Balaban J connectivity index is 1.60. The number of nitrogens with zero attached hydrogens (tertiary/aromatic N) is 3. The van der Waals surface area contributed by atoms with Gasteiger partial charge in [0.2, 0.25) is 5.91 Å². The summed E-state index contributed by atoms with van der Waals surface area (Å²) < 4.78 is 0. The Morgan fingerprint density at radius 2 is 1.78 bits per heavy atom. The summed E-state index contributed by atoms with van der Waals surface area (Å²) in [6, 6.07) is 18.9. The van der Waals surface area contributed by atoms with Crippen LogP contribution in [-0.4, -0.2) is 40.9 Å². The summed E-state index contributed by atoms with van der Waals surface area (Å²) in [5.41, 5.74) is 4.26. The first-order valence-electron chi connectivity index (χ1n) is 11.5. The fourth-order valence-electron chi connectivity index (χ4n) is 4.88. The van der Waals surface area contributed by atoms with Crippen LogP contribution < -0.4 is 5.32 Å². The molecule has 32 heavy (non-hydrogen) atoms. The monoisotopic (exact) mass is 428 g/mol. The van der Waals surface area contributed by atoms with Crippen molar-refractivity contribution in [2.24, 2.45) is 5.41 Å². The number of piperidine rings is 1. The van der Waals surface area contributed by atoms with E-state index in [0.29, 0.717) is 0 Å². The van der Waals surface area contributed by atoms with E-state index < -0.39 is 5.41 Å². The number of hydrogen-bond donors (Lipinski definition) is 1. The van der Waals surface area contributed by atoms with Gasteiger partial charge in [0.05, 0.1) is 5.41 Å². The zero-order valence-electron chi connectivity index (χ0n) is 19.1. The Hall–Kier alpha value is -3.05. The van der Waals surface area contributed by atoms with Crippen molar-refractivity contribution in [3.63, 3.8) is 0 Å². The van der Waals surface area contributed by atoms with E-state index in [0.717, 1.165) is 56.7 Å². The quantitative estimate of drug-likeness (QED) is 0.610. The summed E-state index contributed by atoms with van der Waals surface area (Å²) >= 11 is 0. The number of carbonyl (C=O) groups excluding carboxylic acids is 1. The van der Waals surface area contributed by atoms with Gasteiger partial charge in [-0.15, -0.1) is 0 Å². The molecule has 1 saturated heterocycles. The van der Waals surface area contributed by atoms with Crippen LogP contribution in [0.25, 0.3) is 11.1 Å². The summed E-state index contributed by atoms with van der Waals surface area (Å²) in [4.78, 5) is 24.5. The van der Waals surface area contributed by atoms with E-state index in [2.05, 4.69) is 75.6 Å². The highest BCUT2D eigenvalue weighted by molar-refractivity contribution is 5.83. The molecule has 1 aliphatic heterocycles. The van der Waals surface area contributed by atoms with Crippen LogP contribution in [0.1, 0.15) is 36.7 Å². The number of hydrogen-bond acceptors (Lipinski definition) is 4. The lowest BCUT2D eigenvalue weighted by Gasteiger charge is -2.42. The van der Waals surface area contributed by atoms with Gasteiger partial charge in [0.15, 0.2) is 0 Å². The molecule has 0 radical (unpaired) electrons. The second kappa shape index (κ2) is 10.0. The van der Waals surface area contributed by atoms with E-state index >= 15 is 0 Å². The number of benzene rings is 2. The zero-order valence-corrected chi connectivity index (χ0v) is 19.1. The van der Waals surface area contributed by atoms with Gasteiger partial charge in [0, 0.05) is 44.5 Å². The largest absolute Gasteiger partial charge is 0.359 e. The topological polar surface area (TPSA) is 58.1 Å². The molecule has 0 spiro atoms. The molecule has 4 rings (SSSR count). The fraction of sp³-hybridized carbons (Fsp3) is 0.370. The van der Waals surface area contributed by atoms with Crippen molar-refractivity contribution in [2.75, 3.05) is 20.1 Å². The smallest absolute Gasteiger partial charge is 0.227 e. The highest BCUT2D eigenvalue weighted by atomic mass is 16.2. The molecular weight excluding hydrogens is 396 g/mol. The lowest BCUT2D eigenvalue weighted by atomic mass is 9.73. The van der Waals surface area contributed by atoms with Gasteiger partial charge in [0.1, 0.15) is 5.82 Å². The molecule has 5 nitrogen and oxygen atoms in total. The highest BCUT2D eigenvalue weighted by Crippen LogP contribution is 2.37. The van der Waals surface area contributed by atoms with Crippen molar-refractivity contribution in [3.8, 4) is 11.1 Å². The molecule has 0 aliphatic carbocycles. The van der Waals surface area contributed by atoms with Gasteiger partial charge in [-0.1, -0.05) is 61.5 Å². The van der Waals surface area contributed by atoms with Gasteiger partial charge < -0.3 is 5.32 Å². The predicted octanol–water partition coefficient (Wildman–Crippen LogP) is 4.28. The average Bonchev–Trinajstić information content (AvgIpc) is 2.85. The Kier molecular flexibility index (Phi) is 6.96. The first-order chi connectivity index (χ1) is 15.6. The minimum absolute atomic E-state index is 0.127. The predicted molar refractivity (Wildman–Crippen MR) is 128 cm³/mol. The fourth-order valence-corrected chi connectivity index (χ4v) is 4.88. The molecule has 2 heterocycles. The maximum absolute atomic E-state index is 13.3. The molecule has 5 heteroatoms. The molecule has 0 bridgehead atoms. The molecule has 1 amide bonds. The average molecular weight is 429 g/mol. The van der Waals surface area contributed by atoms with Crippen LogP contribution >= 0.6 is 0 Å². The molecule has 1 N–H and O–H groups in total. The van der Waals surface area contributed by atoms with E-state index in [4.69, 9.17) is 0 Å². The third-order valence-corrected chi connectivity index (χ3v) is 6.48. The summed E-state index contributed by atoms with van der Waals surface area (Å²) in [5, 5.41) is 2.96. The van der Waals surface area contributed by atoms with E-state index in [1.165, 1.54) is 16.7 Å². The SMILES string of the molecule is CCc1ncc(CN2CCC[C@@](Cc3ccccc3-c3ccccc3)(C(=O)NC)C2)cn1. The number of amides is 1. The van der Waals surface area contributed by atoms with Crippen LogP contribution in [0.4, 0.5) is 0 Å². The van der Waals surface area contributed by atoms with Gasteiger partial charge in [-0.2, -0.15) is 0 Å². The first kappa shape index (κ1) is 22.2. The Morgan fingerprint density at radius 1 is 1.06 bits per heavy atom. The normalized spacial score (nSPS) is 18.9. The molecule has 1 aromatic heterocycles. The maximum atomic E-state index is 13.3. The Labute approximate surface area is 190 Å². The molecule has 1 atom stereocenters. The highest BCUT2D eigenvalue weighted by Gasteiger charge is 2.42. The second-order valence-electron chi connectivity index (χ2n) is 8.73. The summed E-state index contributed by atoms with van der Waals surface area (Å²) in [6.07, 6.45) is 7.29. The van der Waals surface area contributed by atoms with Crippen LogP contribution in [-0.2, 0) is 24.2 Å². The lowest BCUT2D eigenvalue weighted by molar-refractivity contribution is -0.134. The maximum Gasteiger partial charge on any atom is 0.227 e. The number of aromatic nitrogens is 2. The van der Waals surface area contributed by atoms with Crippen LogP contribution in [0, 0.1) is 5.41 Å². The minimum atomic E-state index is -0.456. The molecule has 3 aromatic rings. The molecule has 2 aromatic carbocycles. The lowest BCUT2D eigenvalue weighted by Crippen LogP contribution is -2.52. The van der Waals surface area contributed by atoms with E-state index in [-0.39, 0.29) is 5.91 Å². The Morgan fingerprint density at radius 3 is 2.50 bits per heavy atom. The van der Waals surface area contributed by atoms with Crippen LogP contribution in [0.2, 0.25) is 0 Å². The van der Waals surface area contributed by atoms with Crippen molar-refractivity contribution < 1.29 is 4.79 Å². The Bertz CT molecular complexity index is 1040. The van der Waals surface area contributed by atoms with Crippen LogP contribution in [0.5, 0.6) is 0 Å². The van der Waals surface area contributed by atoms with Gasteiger partial charge >= 0.3 is 0 Å². The zero-order chi connectivity index (χ0) is 22.4. The van der Waals surface area contributed by atoms with Gasteiger partial charge in [-0.3, -0.25) is 9.69 Å².